The molecule has 0 unspecified atom stereocenters. The normalized spacial score (nSPS) is 10.0. The van der Waals surface area contributed by atoms with Crippen LogP contribution in [0.3, 0.4) is 0 Å². The second-order valence-electron chi connectivity index (χ2n) is 4.90. The smallest absolute Gasteiger partial charge is 0.279 e. The van der Waals surface area contributed by atoms with Gasteiger partial charge in [-0.05, 0) is 42.5 Å². The van der Waals surface area contributed by atoms with Crippen molar-refractivity contribution < 1.29 is 4.74 Å². The zero-order valence-electron chi connectivity index (χ0n) is 12.8. The molecule has 7 nitrogen and oxygen atoms in total. The van der Waals surface area contributed by atoms with Crippen LogP contribution in [0.2, 0.25) is 0 Å². The lowest BCUT2D eigenvalue weighted by molar-refractivity contribution is 0.415. The maximum absolute atomic E-state index is 12.2. The van der Waals surface area contributed by atoms with E-state index in [-0.39, 0.29) is 17.2 Å². The first kappa shape index (κ1) is 15.2. The molecule has 0 aliphatic heterocycles. The lowest BCUT2D eigenvalue weighted by atomic mass is 10.1. The monoisotopic (exact) mass is 319 g/mol. The fourth-order valence-electron chi connectivity index (χ4n) is 2.13. The van der Waals surface area contributed by atoms with Gasteiger partial charge < -0.3 is 10.1 Å². The van der Waals surface area contributed by atoms with Gasteiger partial charge in [-0.25, -0.2) is 0 Å². The van der Waals surface area contributed by atoms with Gasteiger partial charge in [-0.15, -0.1) is 10.2 Å². The Bertz CT molecular complexity index is 958. The van der Waals surface area contributed by atoms with Crippen LogP contribution in [-0.2, 0) is 0 Å². The Morgan fingerprint density at radius 2 is 1.96 bits per heavy atom. The van der Waals surface area contributed by atoms with Crippen molar-refractivity contribution in [1.82, 2.24) is 15.2 Å². The number of hydrogen-bond acceptors (Lipinski definition) is 6. The third-order valence-corrected chi connectivity index (χ3v) is 3.31. The summed E-state index contributed by atoms with van der Waals surface area (Å²) < 4.78 is 5.08. The summed E-state index contributed by atoms with van der Waals surface area (Å²) in [7, 11) is 1.57. The van der Waals surface area contributed by atoms with Gasteiger partial charge in [0.25, 0.3) is 5.56 Å². The van der Waals surface area contributed by atoms with Crippen molar-refractivity contribution in [2.24, 2.45) is 0 Å². The zero-order chi connectivity index (χ0) is 16.9. The van der Waals surface area contributed by atoms with E-state index in [4.69, 9.17) is 10.00 Å². The highest BCUT2D eigenvalue weighted by atomic mass is 16.5. The number of aromatic nitrogens is 3. The number of nitrogens with one attached hydrogen (secondary N) is 2. The van der Waals surface area contributed by atoms with Crippen LogP contribution in [0, 0.1) is 11.3 Å². The minimum atomic E-state index is -0.367. The molecule has 0 aliphatic carbocycles. The van der Waals surface area contributed by atoms with E-state index in [1.54, 1.807) is 55.6 Å². The van der Waals surface area contributed by atoms with Crippen LogP contribution in [0.5, 0.6) is 5.75 Å². The molecule has 1 heterocycles. The lowest BCUT2D eigenvalue weighted by Gasteiger charge is -2.06. The number of H-pyrrole nitrogens is 1. The number of benzene rings is 2. The van der Waals surface area contributed by atoms with Crippen molar-refractivity contribution in [3.05, 3.63) is 64.4 Å². The molecule has 0 spiro atoms. The molecule has 7 heteroatoms. The average Bonchev–Trinajstić information content (AvgIpc) is 2.62. The molecule has 2 N–H and O–H groups in total. The number of aromatic amines is 1. The maximum atomic E-state index is 12.2. The predicted octanol–water partition coefficient (Wildman–Crippen LogP) is 2.46. The number of hydrogen-bond donors (Lipinski definition) is 2. The molecular weight excluding hydrogens is 306 g/mol. The number of rotatable bonds is 4. The van der Waals surface area contributed by atoms with Crippen molar-refractivity contribution in [3.63, 3.8) is 0 Å². The predicted molar refractivity (Wildman–Crippen MR) is 89.1 cm³/mol. The second-order valence-corrected chi connectivity index (χ2v) is 4.90. The van der Waals surface area contributed by atoms with Crippen LogP contribution in [0.25, 0.3) is 11.3 Å². The Labute approximate surface area is 137 Å². The summed E-state index contributed by atoms with van der Waals surface area (Å²) in [6.07, 6.45) is 0. The molecule has 0 fully saturated rings. The van der Waals surface area contributed by atoms with Gasteiger partial charge in [0, 0.05) is 11.3 Å². The standard InChI is InChI=1S/C17H13N5O2/c1-24-14-7-5-12(6-8-14)15-16(23)20-17(22-21-15)19-13-4-2-3-11(9-13)10-18/h2-9H,1H3,(H2,19,20,22,23). The van der Waals surface area contributed by atoms with Gasteiger partial charge in [-0.3, -0.25) is 9.78 Å². The summed E-state index contributed by atoms with van der Waals surface area (Å²) in [6.45, 7) is 0. The van der Waals surface area contributed by atoms with Crippen LogP contribution >= 0.6 is 0 Å². The summed E-state index contributed by atoms with van der Waals surface area (Å²) >= 11 is 0. The fourth-order valence-corrected chi connectivity index (χ4v) is 2.13. The van der Waals surface area contributed by atoms with Gasteiger partial charge in [-0.1, -0.05) is 6.07 Å². The highest BCUT2D eigenvalue weighted by Gasteiger charge is 2.08. The molecule has 0 atom stereocenters. The second kappa shape index (κ2) is 6.62. The van der Waals surface area contributed by atoms with E-state index < -0.39 is 0 Å². The number of nitrogens with zero attached hydrogens (tertiary/aromatic N) is 3. The highest BCUT2D eigenvalue weighted by Crippen LogP contribution is 2.18. The molecule has 3 rings (SSSR count). The van der Waals surface area contributed by atoms with Gasteiger partial charge in [0.1, 0.15) is 5.75 Å². The van der Waals surface area contributed by atoms with Crippen molar-refractivity contribution >= 4 is 11.6 Å². The van der Waals surface area contributed by atoms with Crippen LogP contribution in [0.4, 0.5) is 11.6 Å². The Morgan fingerprint density at radius 3 is 2.62 bits per heavy atom. The third-order valence-electron chi connectivity index (χ3n) is 3.31. The van der Waals surface area contributed by atoms with E-state index in [1.165, 1.54) is 0 Å². The number of anilines is 2. The molecule has 0 saturated carbocycles. The Balaban J connectivity index is 1.86. The van der Waals surface area contributed by atoms with Crippen molar-refractivity contribution in [1.29, 1.82) is 5.26 Å². The molecular formula is C17H13N5O2. The molecule has 0 aliphatic rings. The molecule has 118 valence electrons. The van der Waals surface area contributed by atoms with Gasteiger partial charge in [0.2, 0.25) is 5.95 Å². The van der Waals surface area contributed by atoms with Crippen LogP contribution in [0.1, 0.15) is 5.56 Å². The van der Waals surface area contributed by atoms with Gasteiger partial charge in [-0.2, -0.15) is 5.26 Å². The summed E-state index contributed by atoms with van der Waals surface area (Å²) in [4.78, 5) is 14.9. The quantitative estimate of drug-likeness (QED) is 0.765. The molecule has 1 aromatic heterocycles. The minimum Gasteiger partial charge on any atom is -0.497 e. The summed E-state index contributed by atoms with van der Waals surface area (Å²) in [5.41, 5.74) is 1.63. The first-order chi connectivity index (χ1) is 11.7. The van der Waals surface area contributed by atoms with E-state index in [9.17, 15) is 4.79 Å². The maximum Gasteiger partial charge on any atom is 0.279 e. The van der Waals surface area contributed by atoms with Gasteiger partial charge >= 0.3 is 0 Å². The van der Waals surface area contributed by atoms with Crippen LogP contribution < -0.4 is 15.6 Å². The first-order valence-electron chi connectivity index (χ1n) is 7.08. The molecule has 3 aromatic rings. The highest BCUT2D eigenvalue weighted by molar-refractivity contribution is 5.60. The molecule has 0 amide bonds. The van der Waals surface area contributed by atoms with E-state index in [0.29, 0.717) is 22.6 Å². The number of ether oxygens (including phenoxy) is 1. The first-order valence-corrected chi connectivity index (χ1v) is 7.08. The van der Waals surface area contributed by atoms with E-state index in [1.807, 2.05) is 6.07 Å². The molecule has 0 saturated heterocycles. The zero-order valence-corrected chi connectivity index (χ0v) is 12.8. The Hall–Kier alpha value is -3.66. The van der Waals surface area contributed by atoms with Gasteiger partial charge in [0.05, 0.1) is 18.7 Å². The van der Waals surface area contributed by atoms with Crippen molar-refractivity contribution in [3.8, 4) is 23.1 Å². The molecule has 2 aromatic carbocycles. The number of nitriles is 1. The SMILES string of the molecule is COc1ccc(-c2nnc(Nc3cccc(C#N)c3)[nH]c2=O)cc1. The van der Waals surface area contributed by atoms with E-state index in [0.717, 1.165) is 0 Å². The molecule has 0 radical (unpaired) electrons. The number of methoxy groups -OCH3 is 1. The average molecular weight is 319 g/mol. The van der Waals surface area contributed by atoms with Crippen LogP contribution in [0.15, 0.2) is 53.3 Å². The topological polar surface area (TPSA) is 104 Å². The lowest BCUT2D eigenvalue weighted by Crippen LogP contribution is -2.15. The summed E-state index contributed by atoms with van der Waals surface area (Å²) in [6, 6.07) is 15.8. The molecule has 24 heavy (non-hydrogen) atoms. The van der Waals surface area contributed by atoms with Crippen molar-refractivity contribution in [2.75, 3.05) is 12.4 Å². The fraction of sp³-hybridized carbons (Fsp3) is 0.0588. The summed E-state index contributed by atoms with van der Waals surface area (Å²) in [5.74, 6) is 0.895. The van der Waals surface area contributed by atoms with Crippen molar-refractivity contribution in [2.45, 2.75) is 0 Å². The largest absolute Gasteiger partial charge is 0.497 e. The van der Waals surface area contributed by atoms with E-state index >= 15 is 0 Å². The Kier molecular flexibility index (Phi) is 4.21. The molecule has 0 bridgehead atoms. The Morgan fingerprint density at radius 1 is 1.17 bits per heavy atom. The van der Waals surface area contributed by atoms with Crippen LogP contribution in [-0.4, -0.2) is 22.3 Å². The third kappa shape index (κ3) is 3.23. The van der Waals surface area contributed by atoms with Gasteiger partial charge in [0.15, 0.2) is 5.69 Å². The van der Waals surface area contributed by atoms with E-state index in [2.05, 4.69) is 20.5 Å². The minimum absolute atomic E-state index is 0.201. The summed E-state index contributed by atoms with van der Waals surface area (Å²) in [5, 5.41) is 19.8.